The minimum Gasteiger partial charge on any atom is -0.489 e. The lowest BCUT2D eigenvalue weighted by atomic mass is 9.87. The van der Waals surface area contributed by atoms with E-state index in [1.165, 1.54) is 23.9 Å². The van der Waals surface area contributed by atoms with Crippen LogP contribution >= 0.6 is 0 Å². The molecule has 0 aliphatic carbocycles. The topological polar surface area (TPSA) is 107 Å². The fraction of sp³-hybridized carbons (Fsp3) is 0.217. The van der Waals surface area contributed by atoms with Gasteiger partial charge in [-0.3, -0.25) is 14.9 Å². The van der Waals surface area contributed by atoms with Crippen LogP contribution in [0.25, 0.3) is 0 Å². The Morgan fingerprint density at radius 2 is 1.77 bits per heavy atom. The number of amides is 1. The standard InChI is InChI=1S/C23H23N3O5/c1-23(2,3)18-8-10-19(11-9-18)30-15-16-4-6-17(7-5-16)22(27)25-24-14-20-12-13-21(31-20)26(28)29/h4-14H,15H2,1-3H3,(H,25,27)/b24-14-. The molecule has 0 unspecified atom stereocenters. The summed E-state index contributed by atoms with van der Waals surface area (Å²) in [7, 11) is 0. The van der Waals surface area contributed by atoms with E-state index in [0.29, 0.717) is 12.2 Å². The van der Waals surface area contributed by atoms with Crippen molar-refractivity contribution >= 4 is 18.0 Å². The van der Waals surface area contributed by atoms with Crippen LogP contribution in [-0.4, -0.2) is 17.0 Å². The number of hydrogen-bond donors (Lipinski definition) is 1. The Labute approximate surface area is 179 Å². The number of nitro groups is 1. The van der Waals surface area contributed by atoms with Crippen molar-refractivity contribution in [3.8, 4) is 5.75 Å². The molecule has 1 heterocycles. The third-order valence-corrected chi connectivity index (χ3v) is 4.49. The zero-order valence-electron chi connectivity index (χ0n) is 17.5. The van der Waals surface area contributed by atoms with Crippen LogP contribution < -0.4 is 10.2 Å². The van der Waals surface area contributed by atoms with Crippen LogP contribution in [-0.2, 0) is 12.0 Å². The lowest BCUT2D eigenvalue weighted by Crippen LogP contribution is -2.17. The summed E-state index contributed by atoms with van der Waals surface area (Å²) in [6, 6.07) is 17.6. The number of nitrogens with one attached hydrogen (secondary N) is 1. The first kappa shape index (κ1) is 21.8. The predicted octanol–water partition coefficient (Wildman–Crippen LogP) is 4.83. The van der Waals surface area contributed by atoms with E-state index in [2.05, 4.69) is 43.4 Å². The Balaban J connectivity index is 1.51. The molecule has 3 rings (SSSR count). The second-order valence-electron chi connectivity index (χ2n) is 7.89. The first-order valence-electron chi connectivity index (χ1n) is 9.62. The van der Waals surface area contributed by atoms with E-state index >= 15 is 0 Å². The zero-order valence-corrected chi connectivity index (χ0v) is 17.5. The second kappa shape index (κ2) is 9.25. The van der Waals surface area contributed by atoms with Crippen LogP contribution in [0.4, 0.5) is 5.88 Å². The predicted molar refractivity (Wildman–Crippen MR) is 116 cm³/mol. The molecular weight excluding hydrogens is 398 g/mol. The van der Waals surface area contributed by atoms with Gasteiger partial charge in [0, 0.05) is 5.56 Å². The molecule has 0 aliphatic rings. The normalized spacial score (nSPS) is 11.5. The van der Waals surface area contributed by atoms with Crippen molar-refractivity contribution in [1.82, 2.24) is 5.43 Å². The Hall–Kier alpha value is -3.94. The van der Waals surface area contributed by atoms with Gasteiger partial charge in [0.25, 0.3) is 5.91 Å². The lowest BCUT2D eigenvalue weighted by Gasteiger charge is -2.19. The maximum absolute atomic E-state index is 12.2. The molecule has 0 aliphatic heterocycles. The van der Waals surface area contributed by atoms with Gasteiger partial charge in [-0.25, -0.2) is 5.43 Å². The minimum absolute atomic E-state index is 0.0922. The summed E-state index contributed by atoms with van der Waals surface area (Å²) in [4.78, 5) is 22.1. The van der Waals surface area contributed by atoms with Gasteiger partial charge >= 0.3 is 5.88 Å². The monoisotopic (exact) mass is 421 g/mol. The molecule has 8 heteroatoms. The molecule has 0 atom stereocenters. The van der Waals surface area contributed by atoms with Crippen LogP contribution in [0.15, 0.2) is 70.2 Å². The van der Waals surface area contributed by atoms with E-state index in [9.17, 15) is 14.9 Å². The number of hydrazone groups is 1. The van der Waals surface area contributed by atoms with Crippen LogP contribution in [0.3, 0.4) is 0 Å². The molecule has 0 fully saturated rings. The van der Waals surface area contributed by atoms with E-state index < -0.39 is 16.7 Å². The van der Waals surface area contributed by atoms with E-state index in [4.69, 9.17) is 9.15 Å². The van der Waals surface area contributed by atoms with Gasteiger partial charge in [-0.05, 0) is 46.9 Å². The molecule has 31 heavy (non-hydrogen) atoms. The summed E-state index contributed by atoms with van der Waals surface area (Å²) in [6.45, 7) is 6.87. The molecule has 1 amide bonds. The summed E-state index contributed by atoms with van der Waals surface area (Å²) >= 11 is 0. The molecule has 0 saturated heterocycles. The maximum atomic E-state index is 12.2. The third kappa shape index (κ3) is 6.02. The summed E-state index contributed by atoms with van der Waals surface area (Å²) in [5, 5.41) is 14.3. The largest absolute Gasteiger partial charge is 0.489 e. The van der Waals surface area contributed by atoms with Crippen molar-refractivity contribution in [3.05, 3.63) is 93.2 Å². The Bertz CT molecular complexity index is 1080. The van der Waals surface area contributed by atoms with Crippen molar-refractivity contribution in [2.75, 3.05) is 0 Å². The van der Waals surface area contributed by atoms with E-state index in [-0.39, 0.29) is 11.2 Å². The van der Waals surface area contributed by atoms with Gasteiger partial charge in [-0.2, -0.15) is 5.10 Å². The molecule has 8 nitrogen and oxygen atoms in total. The van der Waals surface area contributed by atoms with Crippen molar-refractivity contribution in [2.45, 2.75) is 32.8 Å². The molecule has 0 radical (unpaired) electrons. The molecule has 0 saturated carbocycles. The Morgan fingerprint density at radius 3 is 2.35 bits per heavy atom. The third-order valence-electron chi connectivity index (χ3n) is 4.49. The second-order valence-corrected chi connectivity index (χ2v) is 7.89. The summed E-state index contributed by atoms with van der Waals surface area (Å²) in [6.07, 6.45) is 1.19. The fourth-order valence-corrected chi connectivity index (χ4v) is 2.70. The maximum Gasteiger partial charge on any atom is 0.433 e. The highest BCUT2D eigenvalue weighted by Gasteiger charge is 2.13. The van der Waals surface area contributed by atoms with Crippen molar-refractivity contribution < 1.29 is 18.9 Å². The van der Waals surface area contributed by atoms with E-state index in [0.717, 1.165) is 11.3 Å². The molecule has 0 bridgehead atoms. The van der Waals surface area contributed by atoms with Crippen molar-refractivity contribution in [1.29, 1.82) is 0 Å². The van der Waals surface area contributed by atoms with Gasteiger partial charge in [0.2, 0.25) is 0 Å². The first-order valence-corrected chi connectivity index (χ1v) is 9.62. The number of hydrogen-bond acceptors (Lipinski definition) is 6. The molecule has 2 aromatic carbocycles. The zero-order chi connectivity index (χ0) is 22.4. The van der Waals surface area contributed by atoms with Gasteiger partial charge in [0.05, 0.1) is 12.3 Å². The number of carbonyl (C=O) groups is 1. The van der Waals surface area contributed by atoms with Crippen LogP contribution in [0.2, 0.25) is 0 Å². The molecule has 1 aromatic heterocycles. The lowest BCUT2D eigenvalue weighted by molar-refractivity contribution is -0.402. The van der Waals surface area contributed by atoms with E-state index in [1.54, 1.807) is 24.3 Å². The van der Waals surface area contributed by atoms with Gasteiger partial charge in [-0.15, -0.1) is 0 Å². The molecule has 1 N–H and O–H groups in total. The Morgan fingerprint density at radius 1 is 1.10 bits per heavy atom. The van der Waals surface area contributed by atoms with Gasteiger partial charge in [-0.1, -0.05) is 45.0 Å². The number of benzene rings is 2. The molecule has 0 spiro atoms. The average molecular weight is 421 g/mol. The number of ether oxygens (including phenoxy) is 1. The highest BCUT2D eigenvalue weighted by molar-refractivity contribution is 5.94. The SMILES string of the molecule is CC(C)(C)c1ccc(OCc2ccc(C(=O)N/N=C\c3ccc([N+](=O)[O-])o3)cc2)cc1. The molecule has 160 valence electrons. The summed E-state index contributed by atoms with van der Waals surface area (Å²) < 4.78 is 10.7. The van der Waals surface area contributed by atoms with Crippen LogP contribution in [0.5, 0.6) is 5.75 Å². The first-order chi connectivity index (χ1) is 14.7. The van der Waals surface area contributed by atoms with Crippen molar-refractivity contribution in [2.24, 2.45) is 5.10 Å². The number of furan rings is 1. The van der Waals surface area contributed by atoms with Gasteiger partial charge in [0.15, 0.2) is 5.76 Å². The smallest absolute Gasteiger partial charge is 0.433 e. The van der Waals surface area contributed by atoms with Crippen molar-refractivity contribution in [3.63, 3.8) is 0 Å². The van der Waals surface area contributed by atoms with Crippen LogP contribution in [0.1, 0.15) is 48.0 Å². The molecule has 3 aromatic rings. The highest BCUT2D eigenvalue weighted by Crippen LogP contribution is 2.24. The average Bonchev–Trinajstić information content (AvgIpc) is 3.21. The number of rotatable bonds is 7. The summed E-state index contributed by atoms with van der Waals surface area (Å²) in [5.74, 6) is 0.135. The fourth-order valence-electron chi connectivity index (χ4n) is 2.70. The Kier molecular flexibility index (Phi) is 6.49. The van der Waals surface area contributed by atoms with Gasteiger partial charge < -0.3 is 9.15 Å². The van der Waals surface area contributed by atoms with Crippen LogP contribution in [0, 0.1) is 10.1 Å². The highest BCUT2D eigenvalue weighted by atomic mass is 16.6. The van der Waals surface area contributed by atoms with E-state index in [1.807, 2.05) is 12.1 Å². The number of nitrogens with zero attached hydrogens (tertiary/aromatic N) is 2. The summed E-state index contributed by atoms with van der Waals surface area (Å²) in [5.41, 5.74) is 5.02. The minimum atomic E-state index is -0.651. The number of carbonyl (C=O) groups excluding carboxylic acids is 1. The van der Waals surface area contributed by atoms with Gasteiger partial charge in [0.1, 0.15) is 17.3 Å². The quantitative estimate of drug-likeness (QED) is 0.334. The molecular formula is C23H23N3O5.